The minimum absolute atomic E-state index is 0.324. The Morgan fingerprint density at radius 1 is 1.00 bits per heavy atom. The maximum Gasteiger partial charge on any atom is 0.500 e. The molecule has 1 amide bonds. The Kier molecular flexibility index (Phi) is 9.94. The topological polar surface area (TPSA) is 80.0 Å². The SMILES string of the molecule is CCO[Si](CCCCOC(N)=O)(OCC)OCC. The molecule has 0 rings (SSSR count). The Balaban J connectivity index is 4.08. The summed E-state index contributed by atoms with van der Waals surface area (Å²) in [5, 5.41) is 0. The van der Waals surface area contributed by atoms with Crippen LogP contribution in [0.3, 0.4) is 0 Å². The van der Waals surface area contributed by atoms with E-state index >= 15 is 0 Å². The third kappa shape index (κ3) is 7.65. The van der Waals surface area contributed by atoms with Gasteiger partial charge in [-0.25, -0.2) is 4.79 Å². The van der Waals surface area contributed by atoms with E-state index in [-0.39, 0.29) is 0 Å². The second kappa shape index (κ2) is 10.3. The van der Waals surface area contributed by atoms with Crippen molar-refractivity contribution in [2.75, 3.05) is 26.4 Å². The average molecular weight is 279 g/mol. The van der Waals surface area contributed by atoms with E-state index in [0.717, 1.165) is 18.9 Å². The molecule has 0 saturated heterocycles. The van der Waals surface area contributed by atoms with Crippen LogP contribution >= 0.6 is 0 Å². The minimum atomic E-state index is -2.54. The van der Waals surface area contributed by atoms with Crippen molar-refractivity contribution < 1.29 is 22.8 Å². The number of amides is 1. The molecule has 0 aromatic carbocycles. The molecule has 0 aliphatic carbocycles. The van der Waals surface area contributed by atoms with Crippen molar-refractivity contribution in [3.05, 3.63) is 0 Å². The molecule has 108 valence electrons. The molecule has 2 N–H and O–H groups in total. The maximum absolute atomic E-state index is 10.4. The molecular formula is C11H25NO5Si. The van der Waals surface area contributed by atoms with E-state index in [1.54, 1.807) is 0 Å². The molecule has 0 heterocycles. The van der Waals surface area contributed by atoms with E-state index in [9.17, 15) is 4.79 Å². The first-order valence-corrected chi connectivity index (χ1v) is 8.37. The van der Waals surface area contributed by atoms with Gasteiger partial charge in [-0.15, -0.1) is 0 Å². The van der Waals surface area contributed by atoms with Crippen LogP contribution in [0, 0.1) is 0 Å². The van der Waals surface area contributed by atoms with Gasteiger partial charge in [0.05, 0.1) is 6.61 Å². The van der Waals surface area contributed by atoms with Crippen LogP contribution in [0.1, 0.15) is 33.6 Å². The summed E-state index contributed by atoms with van der Waals surface area (Å²) >= 11 is 0. The van der Waals surface area contributed by atoms with Gasteiger partial charge in [-0.3, -0.25) is 0 Å². The Hall–Kier alpha value is -0.633. The highest BCUT2D eigenvalue weighted by atomic mass is 28.4. The van der Waals surface area contributed by atoms with Gasteiger partial charge in [-0.1, -0.05) is 0 Å². The summed E-state index contributed by atoms with van der Waals surface area (Å²) in [5.41, 5.74) is 4.88. The van der Waals surface area contributed by atoms with Gasteiger partial charge in [0, 0.05) is 25.9 Å². The lowest BCUT2D eigenvalue weighted by Gasteiger charge is -2.28. The van der Waals surface area contributed by atoms with Gasteiger partial charge in [-0.2, -0.15) is 0 Å². The molecule has 0 unspecified atom stereocenters. The van der Waals surface area contributed by atoms with Crippen LogP contribution < -0.4 is 5.73 Å². The number of hydrogen-bond acceptors (Lipinski definition) is 5. The number of rotatable bonds is 11. The normalized spacial score (nSPS) is 11.5. The summed E-state index contributed by atoms with van der Waals surface area (Å²) in [6.45, 7) is 7.82. The van der Waals surface area contributed by atoms with Crippen molar-refractivity contribution in [1.82, 2.24) is 0 Å². The zero-order valence-corrected chi connectivity index (χ0v) is 12.6. The fourth-order valence-electron chi connectivity index (χ4n) is 1.62. The first kappa shape index (κ1) is 17.4. The Bertz CT molecular complexity index is 210. The zero-order chi connectivity index (χ0) is 13.9. The summed E-state index contributed by atoms with van der Waals surface area (Å²) in [6, 6.07) is 0.727. The van der Waals surface area contributed by atoms with Crippen LogP contribution in [0.2, 0.25) is 6.04 Å². The number of carbonyl (C=O) groups excluding carboxylic acids is 1. The van der Waals surface area contributed by atoms with Gasteiger partial charge in [0.1, 0.15) is 0 Å². The molecule has 0 saturated carbocycles. The summed E-state index contributed by atoms with van der Waals surface area (Å²) in [7, 11) is -2.54. The number of ether oxygens (including phenoxy) is 1. The summed E-state index contributed by atoms with van der Waals surface area (Å²) in [5.74, 6) is 0. The lowest BCUT2D eigenvalue weighted by atomic mass is 10.4. The monoisotopic (exact) mass is 279 g/mol. The molecular weight excluding hydrogens is 254 g/mol. The van der Waals surface area contributed by atoms with Crippen LogP contribution in [0.4, 0.5) is 4.79 Å². The molecule has 0 bridgehead atoms. The Morgan fingerprint density at radius 2 is 1.50 bits per heavy atom. The van der Waals surface area contributed by atoms with E-state index in [2.05, 4.69) is 4.74 Å². The lowest BCUT2D eigenvalue weighted by molar-refractivity contribution is 0.0702. The number of hydrogen-bond donors (Lipinski definition) is 1. The molecule has 0 aromatic rings. The van der Waals surface area contributed by atoms with Crippen molar-refractivity contribution >= 4 is 14.9 Å². The molecule has 7 heteroatoms. The van der Waals surface area contributed by atoms with Crippen LogP contribution in [-0.4, -0.2) is 41.3 Å². The van der Waals surface area contributed by atoms with Gasteiger partial charge < -0.3 is 23.7 Å². The molecule has 0 atom stereocenters. The number of carbonyl (C=O) groups is 1. The Morgan fingerprint density at radius 3 is 1.89 bits per heavy atom. The molecule has 0 aromatic heterocycles. The fraction of sp³-hybridized carbons (Fsp3) is 0.909. The second-order valence-corrected chi connectivity index (χ2v) is 6.34. The van der Waals surface area contributed by atoms with Gasteiger partial charge in [0.2, 0.25) is 0 Å². The van der Waals surface area contributed by atoms with Crippen LogP contribution in [0.15, 0.2) is 0 Å². The average Bonchev–Trinajstić information content (AvgIpc) is 2.29. The molecule has 0 spiro atoms. The summed E-state index contributed by atoms with van der Waals surface area (Å²) < 4.78 is 21.8. The van der Waals surface area contributed by atoms with Crippen molar-refractivity contribution in [3.63, 3.8) is 0 Å². The van der Waals surface area contributed by atoms with Gasteiger partial charge >= 0.3 is 14.9 Å². The van der Waals surface area contributed by atoms with Crippen LogP contribution in [-0.2, 0) is 18.0 Å². The van der Waals surface area contributed by atoms with E-state index < -0.39 is 14.9 Å². The van der Waals surface area contributed by atoms with Crippen LogP contribution in [0.25, 0.3) is 0 Å². The number of nitrogens with two attached hydrogens (primary N) is 1. The predicted molar refractivity (Wildman–Crippen MR) is 70.2 cm³/mol. The number of primary amides is 1. The largest absolute Gasteiger partial charge is 0.500 e. The fourth-order valence-corrected chi connectivity index (χ4v) is 4.30. The smallest absolute Gasteiger partial charge is 0.450 e. The van der Waals surface area contributed by atoms with E-state index in [4.69, 9.17) is 19.0 Å². The minimum Gasteiger partial charge on any atom is -0.450 e. The Labute approximate surface area is 110 Å². The second-order valence-electron chi connectivity index (χ2n) is 3.61. The van der Waals surface area contributed by atoms with Gasteiger partial charge in [0.15, 0.2) is 0 Å². The van der Waals surface area contributed by atoms with Crippen molar-refractivity contribution in [1.29, 1.82) is 0 Å². The molecule has 0 aliphatic rings. The predicted octanol–water partition coefficient (Wildman–Crippen LogP) is 1.91. The van der Waals surface area contributed by atoms with Crippen LogP contribution in [0.5, 0.6) is 0 Å². The van der Waals surface area contributed by atoms with Gasteiger partial charge in [0.25, 0.3) is 0 Å². The third-order valence-electron chi connectivity index (χ3n) is 2.21. The first-order chi connectivity index (χ1) is 8.60. The van der Waals surface area contributed by atoms with Crippen molar-refractivity contribution in [3.8, 4) is 0 Å². The van der Waals surface area contributed by atoms with Crippen molar-refractivity contribution in [2.45, 2.75) is 39.7 Å². The molecule has 18 heavy (non-hydrogen) atoms. The zero-order valence-electron chi connectivity index (χ0n) is 11.6. The van der Waals surface area contributed by atoms with Gasteiger partial charge in [-0.05, 0) is 33.6 Å². The summed E-state index contributed by atoms with van der Waals surface area (Å²) in [4.78, 5) is 10.4. The number of unbranched alkanes of at least 4 members (excludes halogenated alkanes) is 1. The van der Waals surface area contributed by atoms with Crippen molar-refractivity contribution in [2.24, 2.45) is 5.73 Å². The standard InChI is InChI=1S/C11H25NO5Si/c1-4-15-18(16-5-2,17-6-3)10-8-7-9-14-11(12)13/h4-10H2,1-3H3,(H2,12,13). The summed E-state index contributed by atoms with van der Waals surface area (Å²) in [6.07, 6.45) is 0.808. The highest BCUT2D eigenvalue weighted by Crippen LogP contribution is 2.19. The van der Waals surface area contributed by atoms with E-state index in [1.165, 1.54) is 0 Å². The van der Waals surface area contributed by atoms with E-state index in [0.29, 0.717) is 26.4 Å². The molecule has 0 radical (unpaired) electrons. The highest BCUT2D eigenvalue weighted by molar-refractivity contribution is 6.60. The maximum atomic E-state index is 10.4. The molecule has 6 nitrogen and oxygen atoms in total. The highest BCUT2D eigenvalue weighted by Gasteiger charge is 2.39. The van der Waals surface area contributed by atoms with E-state index in [1.807, 2.05) is 20.8 Å². The first-order valence-electron chi connectivity index (χ1n) is 6.44. The quantitative estimate of drug-likeness (QED) is 0.461. The molecule has 0 fully saturated rings. The lowest BCUT2D eigenvalue weighted by Crippen LogP contribution is -2.45. The molecule has 0 aliphatic heterocycles. The third-order valence-corrected chi connectivity index (χ3v) is 5.37.